The molecule has 2 heterocycles. The van der Waals surface area contributed by atoms with E-state index in [0.29, 0.717) is 5.82 Å². The molecule has 0 atom stereocenters. The quantitative estimate of drug-likeness (QED) is 0.806. The number of nitrogens with zero attached hydrogens (tertiary/aromatic N) is 4. The molecule has 112 valence electrons. The predicted octanol–water partition coefficient (Wildman–Crippen LogP) is 2.75. The van der Waals surface area contributed by atoms with Crippen LogP contribution in [-0.4, -0.2) is 44.2 Å². The molecule has 0 unspecified atom stereocenters. The Morgan fingerprint density at radius 2 is 2.05 bits per heavy atom. The summed E-state index contributed by atoms with van der Waals surface area (Å²) in [5.74, 6) is 0.366. The average molecular weight is 311 g/mol. The Morgan fingerprint density at radius 1 is 1.33 bits per heavy atom. The van der Waals surface area contributed by atoms with Crippen molar-refractivity contribution < 1.29 is 14.7 Å². The van der Waals surface area contributed by atoms with Gasteiger partial charge in [-0.1, -0.05) is 19.3 Å². The summed E-state index contributed by atoms with van der Waals surface area (Å²) in [7, 11) is 0. The first-order valence-electron chi connectivity index (χ1n) is 6.87. The normalized spacial score (nSPS) is 21.1. The fraction of sp³-hybridized carbons (Fsp3) is 0.538. The maximum absolute atomic E-state index is 12.5. The molecule has 1 aromatic heterocycles. The molecular formula is C13H15ClN4O3. The summed E-state index contributed by atoms with van der Waals surface area (Å²) in [4.78, 5) is 34.1. The van der Waals surface area contributed by atoms with Crippen molar-refractivity contribution >= 4 is 29.5 Å². The minimum Gasteiger partial charge on any atom is -0.465 e. The molecule has 1 saturated heterocycles. The van der Waals surface area contributed by atoms with Gasteiger partial charge in [-0.2, -0.15) is 0 Å². The molecule has 0 aromatic carbocycles. The molecule has 1 aliphatic carbocycles. The summed E-state index contributed by atoms with van der Waals surface area (Å²) in [6.07, 6.45) is 4.81. The lowest BCUT2D eigenvalue weighted by Gasteiger charge is -2.39. The average Bonchev–Trinajstić information content (AvgIpc) is 2.72. The van der Waals surface area contributed by atoms with Gasteiger partial charge in [0.05, 0.1) is 12.1 Å². The van der Waals surface area contributed by atoms with Crippen molar-refractivity contribution in [1.29, 1.82) is 0 Å². The summed E-state index contributed by atoms with van der Waals surface area (Å²) in [5.41, 5.74) is -0.509. The molecule has 8 heteroatoms. The van der Waals surface area contributed by atoms with Gasteiger partial charge in [-0.25, -0.2) is 24.5 Å². The van der Waals surface area contributed by atoms with E-state index in [1.54, 1.807) is 6.07 Å². The second kappa shape index (κ2) is 5.14. The molecule has 0 radical (unpaired) electrons. The molecule has 2 aliphatic rings. The molecule has 2 fully saturated rings. The molecular weight excluding hydrogens is 296 g/mol. The number of anilines is 1. The highest BCUT2D eigenvalue weighted by molar-refractivity contribution is 6.28. The Morgan fingerprint density at radius 3 is 2.67 bits per heavy atom. The van der Waals surface area contributed by atoms with Crippen LogP contribution in [0.4, 0.5) is 15.4 Å². The fourth-order valence-corrected chi connectivity index (χ4v) is 3.43. The number of urea groups is 1. The van der Waals surface area contributed by atoms with E-state index in [4.69, 9.17) is 11.6 Å². The molecule has 3 amide bonds. The Kier molecular flexibility index (Phi) is 3.44. The van der Waals surface area contributed by atoms with Crippen LogP contribution in [0.15, 0.2) is 12.3 Å². The number of carbonyl (C=O) groups is 2. The number of imide groups is 1. The number of hydrogen-bond acceptors (Lipinski definition) is 4. The largest absolute Gasteiger partial charge is 0.465 e. The van der Waals surface area contributed by atoms with Crippen molar-refractivity contribution in [3.63, 3.8) is 0 Å². The van der Waals surface area contributed by atoms with Crippen LogP contribution in [0.1, 0.15) is 32.1 Å². The van der Waals surface area contributed by atoms with Crippen molar-refractivity contribution in [2.45, 2.75) is 37.6 Å². The van der Waals surface area contributed by atoms with Crippen LogP contribution < -0.4 is 4.90 Å². The molecule has 1 spiro atoms. The third-order valence-electron chi connectivity index (χ3n) is 4.20. The Balaban J connectivity index is 2.04. The minimum atomic E-state index is -1.23. The Labute approximate surface area is 126 Å². The van der Waals surface area contributed by atoms with Gasteiger partial charge < -0.3 is 5.11 Å². The highest BCUT2D eigenvalue weighted by Crippen LogP contribution is 2.41. The fourth-order valence-electron chi connectivity index (χ4n) is 3.29. The molecule has 0 bridgehead atoms. The highest BCUT2D eigenvalue weighted by Gasteiger charge is 2.53. The van der Waals surface area contributed by atoms with E-state index in [9.17, 15) is 14.7 Å². The van der Waals surface area contributed by atoms with Crippen LogP contribution in [0.2, 0.25) is 5.28 Å². The van der Waals surface area contributed by atoms with Gasteiger partial charge in [-0.3, -0.25) is 4.90 Å². The van der Waals surface area contributed by atoms with Gasteiger partial charge in [-0.05, 0) is 30.5 Å². The third kappa shape index (κ3) is 2.31. The first kappa shape index (κ1) is 14.1. The van der Waals surface area contributed by atoms with E-state index in [1.807, 2.05) is 0 Å². The number of aromatic nitrogens is 2. The smallest absolute Gasteiger partial charge is 0.415 e. The monoisotopic (exact) mass is 310 g/mol. The maximum atomic E-state index is 12.5. The zero-order valence-corrected chi connectivity index (χ0v) is 12.1. The van der Waals surface area contributed by atoms with Crippen molar-refractivity contribution in [2.24, 2.45) is 0 Å². The van der Waals surface area contributed by atoms with E-state index < -0.39 is 17.7 Å². The van der Waals surface area contributed by atoms with Crippen LogP contribution in [0.5, 0.6) is 0 Å². The molecule has 1 aliphatic heterocycles. The minimum absolute atomic E-state index is 0.0417. The molecule has 1 saturated carbocycles. The van der Waals surface area contributed by atoms with Crippen LogP contribution in [0.25, 0.3) is 0 Å². The van der Waals surface area contributed by atoms with Crippen molar-refractivity contribution in [3.05, 3.63) is 17.5 Å². The number of carbonyl (C=O) groups excluding carboxylic acids is 1. The predicted molar refractivity (Wildman–Crippen MR) is 75.5 cm³/mol. The van der Waals surface area contributed by atoms with E-state index in [0.717, 1.165) is 37.0 Å². The lowest BCUT2D eigenvalue weighted by molar-refractivity contribution is 0.153. The number of hydrogen-bond donors (Lipinski definition) is 1. The SMILES string of the molecule is O=C(O)N1CC2(CCCCC2)N(c2ccnc(Cl)n2)C1=O. The molecule has 1 aromatic rings. The van der Waals surface area contributed by atoms with Gasteiger partial charge in [-0.15, -0.1) is 0 Å². The van der Waals surface area contributed by atoms with E-state index >= 15 is 0 Å². The second-order valence-electron chi connectivity index (χ2n) is 5.46. The second-order valence-corrected chi connectivity index (χ2v) is 5.79. The zero-order chi connectivity index (χ0) is 15.0. The first-order valence-corrected chi connectivity index (χ1v) is 7.24. The van der Waals surface area contributed by atoms with Gasteiger partial charge in [0.1, 0.15) is 5.82 Å². The molecule has 1 N–H and O–H groups in total. The molecule has 3 rings (SSSR count). The maximum Gasteiger partial charge on any atom is 0.415 e. The number of carboxylic acid groups (broad SMARTS) is 1. The Hall–Kier alpha value is -1.89. The number of amides is 3. The molecule has 7 nitrogen and oxygen atoms in total. The van der Waals surface area contributed by atoms with Crippen molar-refractivity contribution in [3.8, 4) is 0 Å². The summed E-state index contributed by atoms with van der Waals surface area (Å²) in [6, 6.07) is 1.03. The van der Waals surface area contributed by atoms with E-state index in [2.05, 4.69) is 9.97 Å². The summed E-state index contributed by atoms with van der Waals surface area (Å²) < 4.78 is 0. The zero-order valence-electron chi connectivity index (χ0n) is 11.3. The van der Waals surface area contributed by atoms with Crippen molar-refractivity contribution in [1.82, 2.24) is 14.9 Å². The lowest BCUT2D eigenvalue weighted by Crippen LogP contribution is -2.49. The summed E-state index contributed by atoms with van der Waals surface area (Å²) in [5, 5.41) is 9.28. The topological polar surface area (TPSA) is 86.6 Å². The summed E-state index contributed by atoms with van der Waals surface area (Å²) in [6.45, 7) is 0.183. The van der Waals surface area contributed by atoms with Crippen LogP contribution >= 0.6 is 11.6 Å². The van der Waals surface area contributed by atoms with Gasteiger partial charge in [0.2, 0.25) is 5.28 Å². The highest BCUT2D eigenvalue weighted by atomic mass is 35.5. The van der Waals surface area contributed by atoms with Crippen molar-refractivity contribution in [2.75, 3.05) is 11.4 Å². The van der Waals surface area contributed by atoms with Gasteiger partial charge in [0, 0.05) is 6.20 Å². The number of halogens is 1. The van der Waals surface area contributed by atoms with Gasteiger partial charge >= 0.3 is 12.1 Å². The number of rotatable bonds is 1. The molecule has 21 heavy (non-hydrogen) atoms. The van der Waals surface area contributed by atoms with Crippen LogP contribution in [0.3, 0.4) is 0 Å². The van der Waals surface area contributed by atoms with Gasteiger partial charge in [0.25, 0.3) is 0 Å². The summed E-state index contributed by atoms with van der Waals surface area (Å²) >= 11 is 5.81. The van der Waals surface area contributed by atoms with Gasteiger partial charge in [0.15, 0.2) is 0 Å². The Bertz CT molecular complexity index is 589. The van der Waals surface area contributed by atoms with Crippen LogP contribution in [0, 0.1) is 0 Å². The van der Waals surface area contributed by atoms with Crippen LogP contribution in [-0.2, 0) is 0 Å². The van der Waals surface area contributed by atoms with E-state index in [-0.39, 0.29) is 11.8 Å². The standard InChI is InChI=1S/C13H15ClN4O3/c14-10-15-7-4-9(16-10)18-11(19)17(12(20)21)8-13(18)5-2-1-3-6-13/h4,7H,1-3,5-6,8H2,(H,20,21). The first-order chi connectivity index (χ1) is 10.0. The lowest BCUT2D eigenvalue weighted by atomic mass is 9.81. The third-order valence-corrected chi connectivity index (χ3v) is 4.39. The van der Waals surface area contributed by atoms with E-state index in [1.165, 1.54) is 11.1 Å².